The number of para-hydroxylation sites is 2. The highest BCUT2D eigenvalue weighted by Crippen LogP contribution is 2.34. The van der Waals surface area contributed by atoms with Gasteiger partial charge in [0.2, 0.25) is 11.8 Å². The lowest BCUT2D eigenvalue weighted by Crippen LogP contribution is -2.55. The van der Waals surface area contributed by atoms with E-state index in [4.69, 9.17) is 10.5 Å². The third-order valence-corrected chi connectivity index (χ3v) is 6.72. The van der Waals surface area contributed by atoms with Gasteiger partial charge in [0, 0.05) is 23.7 Å². The van der Waals surface area contributed by atoms with Gasteiger partial charge in [0.1, 0.15) is 23.4 Å². The van der Waals surface area contributed by atoms with Crippen LogP contribution in [0.1, 0.15) is 84.4 Å². The first-order chi connectivity index (χ1) is 19.6. The topological polar surface area (TPSA) is 151 Å². The summed E-state index contributed by atoms with van der Waals surface area (Å²) < 4.78 is 5.39. The summed E-state index contributed by atoms with van der Waals surface area (Å²) >= 11 is 0. The highest BCUT2D eigenvalue weighted by molar-refractivity contribution is 6.00. The number of aryl methyl sites for hydroxylation is 1. The number of hydrogen-bond donors (Lipinski definition) is 4. The summed E-state index contributed by atoms with van der Waals surface area (Å²) in [6.07, 6.45) is 0.164. The van der Waals surface area contributed by atoms with Crippen molar-refractivity contribution in [2.75, 3.05) is 5.32 Å². The minimum atomic E-state index is -1.27. The Morgan fingerprint density at radius 3 is 2.14 bits per heavy atom. The molecule has 0 spiro atoms. The van der Waals surface area contributed by atoms with E-state index in [1.807, 2.05) is 26.0 Å². The van der Waals surface area contributed by atoms with Gasteiger partial charge >= 0.3 is 6.09 Å². The van der Waals surface area contributed by atoms with E-state index in [0.29, 0.717) is 18.0 Å². The van der Waals surface area contributed by atoms with Crippen LogP contribution < -0.4 is 16.4 Å². The molecule has 0 saturated heterocycles. The molecule has 4 amide bonds. The van der Waals surface area contributed by atoms with Crippen molar-refractivity contribution in [3.8, 4) is 5.75 Å². The number of rotatable bonds is 13. The van der Waals surface area contributed by atoms with E-state index in [0.717, 1.165) is 12.0 Å². The highest BCUT2D eigenvalue weighted by atomic mass is 16.6. The second-order valence-corrected chi connectivity index (χ2v) is 12.0. The Labute approximate surface area is 249 Å². The molecule has 5 N–H and O–H groups in total. The zero-order valence-electron chi connectivity index (χ0n) is 25.8. The minimum absolute atomic E-state index is 0.103. The molecule has 10 nitrogen and oxygen atoms in total. The van der Waals surface area contributed by atoms with Crippen LogP contribution in [-0.2, 0) is 19.1 Å². The Balaban J connectivity index is 2.66. The fourth-order valence-electron chi connectivity index (χ4n) is 4.54. The summed E-state index contributed by atoms with van der Waals surface area (Å²) in [7, 11) is 0. The van der Waals surface area contributed by atoms with Gasteiger partial charge in [0.25, 0.3) is 5.91 Å². The van der Waals surface area contributed by atoms with Gasteiger partial charge in [-0.1, -0.05) is 50.2 Å². The molecule has 2 rings (SSSR count). The predicted octanol–water partition coefficient (Wildman–Crippen LogP) is 5.19. The summed E-state index contributed by atoms with van der Waals surface area (Å²) in [5, 5.41) is 16.4. The zero-order valence-corrected chi connectivity index (χ0v) is 25.8. The van der Waals surface area contributed by atoms with Crippen LogP contribution in [0.2, 0.25) is 0 Å². The van der Waals surface area contributed by atoms with Crippen LogP contribution in [0, 0.1) is 12.8 Å². The number of phenols is 1. The molecule has 0 heterocycles. The summed E-state index contributed by atoms with van der Waals surface area (Å²) in [6, 6.07) is 10.6. The van der Waals surface area contributed by atoms with Crippen LogP contribution in [0.5, 0.6) is 5.75 Å². The van der Waals surface area contributed by atoms with E-state index in [9.17, 15) is 24.3 Å². The summed E-state index contributed by atoms with van der Waals surface area (Å²) in [4.78, 5) is 54.4. The number of alkyl carbamates (subject to hydrolysis) is 1. The van der Waals surface area contributed by atoms with Crippen molar-refractivity contribution in [3.05, 3.63) is 59.7 Å². The van der Waals surface area contributed by atoms with Crippen LogP contribution in [-0.4, -0.2) is 51.5 Å². The largest absolute Gasteiger partial charge is 0.508 e. The van der Waals surface area contributed by atoms with E-state index in [1.165, 1.54) is 11.0 Å². The normalized spacial score (nSPS) is 13.5. The number of carbonyl (C=O) groups is 4. The third kappa shape index (κ3) is 10.4. The molecule has 0 saturated carbocycles. The number of anilines is 1. The minimum Gasteiger partial charge on any atom is -0.508 e. The van der Waals surface area contributed by atoms with Gasteiger partial charge in [-0.05, 0) is 77.5 Å². The quantitative estimate of drug-likeness (QED) is 0.255. The molecule has 0 bridgehead atoms. The van der Waals surface area contributed by atoms with Gasteiger partial charge in [-0.25, -0.2) is 4.79 Å². The Kier molecular flexibility index (Phi) is 12.4. The molecule has 0 radical (unpaired) electrons. The SMILES string of the molecule is Cc1ccccc1NC(=O)C(c1ccccc1O)N(C(=O)C(CCC(N)=O)NC(=O)OC(C)(C)C)C(C)CCC(C)C. The van der Waals surface area contributed by atoms with E-state index in [1.54, 1.807) is 51.1 Å². The number of benzene rings is 2. The predicted molar refractivity (Wildman–Crippen MR) is 163 cm³/mol. The maximum atomic E-state index is 14.4. The molecule has 230 valence electrons. The molecule has 0 aliphatic rings. The highest BCUT2D eigenvalue weighted by Gasteiger charge is 2.40. The molecule has 10 heteroatoms. The fraction of sp³-hybridized carbons (Fsp3) is 0.500. The van der Waals surface area contributed by atoms with Crippen molar-refractivity contribution in [2.24, 2.45) is 11.7 Å². The number of aromatic hydroxyl groups is 1. The van der Waals surface area contributed by atoms with Gasteiger partial charge in [-0.2, -0.15) is 0 Å². The van der Waals surface area contributed by atoms with Crippen molar-refractivity contribution in [1.29, 1.82) is 0 Å². The van der Waals surface area contributed by atoms with Crippen molar-refractivity contribution in [1.82, 2.24) is 10.2 Å². The Morgan fingerprint density at radius 2 is 1.57 bits per heavy atom. The maximum absolute atomic E-state index is 14.4. The lowest BCUT2D eigenvalue weighted by atomic mass is 9.96. The average molecular weight is 583 g/mol. The second-order valence-electron chi connectivity index (χ2n) is 12.0. The molecule has 3 atom stereocenters. The number of carbonyl (C=O) groups excluding carboxylic acids is 4. The molecular weight excluding hydrogens is 536 g/mol. The van der Waals surface area contributed by atoms with Gasteiger partial charge in [-0.15, -0.1) is 0 Å². The number of primary amides is 1. The Hall–Kier alpha value is -4.08. The zero-order chi connectivity index (χ0) is 31.6. The molecule has 2 aromatic rings. The van der Waals surface area contributed by atoms with Crippen molar-refractivity contribution >= 4 is 29.5 Å². The summed E-state index contributed by atoms with van der Waals surface area (Å²) in [6.45, 7) is 12.9. The van der Waals surface area contributed by atoms with E-state index in [-0.39, 0.29) is 24.2 Å². The Bertz CT molecular complexity index is 1240. The number of amides is 4. The van der Waals surface area contributed by atoms with Gasteiger partial charge in [0.05, 0.1) is 0 Å². The lowest BCUT2D eigenvalue weighted by molar-refractivity contribution is -0.143. The first-order valence-electron chi connectivity index (χ1n) is 14.3. The van der Waals surface area contributed by atoms with Gasteiger partial charge in [-0.3, -0.25) is 14.4 Å². The van der Waals surface area contributed by atoms with Gasteiger partial charge < -0.3 is 31.1 Å². The Morgan fingerprint density at radius 1 is 0.952 bits per heavy atom. The van der Waals surface area contributed by atoms with E-state index >= 15 is 0 Å². The maximum Gasteiger partial charge on any atom is 0.408 e. The molecule has 0 aliphatic carbocycles. The first kappa shape index (κ1) is 34.1. The molecule has 42 heavy (non-hydrogen) atoms. The van der Waals surface area contributed by atoms with Crippen LogP contribution in [0.3, 0.4) is 0 Å². The molecule has 0 fully saturated rings. The smallest absolute Gasteiger partial charge is 0.408 e. The standard InChI is InChI=1S/C32H46N4O6/c1-20(2)16-17-22(4)36(30(40)25(18-19-27(33)38)35-31(41)42-32(5,6)7)28(23-13-9-11-15-26(23)37)29(39)34-24-14-10-8-12-21(24)3/h8-15,20,22,25,28,37H,16-19H2,1-7H3,(H2,33,38)(H,34,39)(H,35,41). The first-order valence-corrected chi connectivity index (χ1v) is 14.3. The number of ether oxygens (including phenoxy) is 1. The van der Waals surface area contributed by atoms with E-state index < -0.39 is 47.5 Å². The van der Waals surface area contributed by atoms with Crippen LogP contribution in [0.4, 0.5) is 10.5 Å². The van der Waals surface area contributed by atoms with Crippen molar-refractivity contribution in [2.45, 2.75) is 97.9 Å². The summed E-state index contributed by atoms with van der Waals surface area (Å²) in [5.41, 5.74) is 6.17. The van der Waals surface area contributed by atoms with Crippen molar-refractivity contribution < 1.29 is 29.0 Å². The number of nitrogens with zero attached hydrogens (tertiary/aromatic N) is 1. The number of nitrogens with two attached hydrogens (primary N) is 1. The van der Waals surface area contributed by atoms with Gasteiger partial charge in [0.15, 0.2) is 0 Å². The molecule has 3 unspecified atom stereocenters. The number of nitrogens with one attached hydrogen (secondary N) is 2. The summed E-state index contributed by atoms with van der Waals surface area (Å²) in [5.74, 6) is -1.63. The second kappa shape index (κ2) is 15.2. The van der Waals surface area contributed by atoms with E-state index in [2.05, 4.69) is 24.5 Å². The monoisotopic (exact) mass is 582 g/mol. The fourth-order valence-corrected chi connectivity index (χ4v) is 4.54. The molecule has 2 aromatic carbocycles. The van der Waals surface area contributed by atoms with Crippen LogP contribution in [0.25, 0.3) is 0 Å². The number of hydrogen-bond acceptors (Lipinski definition) is 6. The molecular formula is C32H46N4O6. The molecule has 0 aliphatic heterocycles. The lowest BCUT2D eigenvalue weighted by Gasteiger charge is -2.39. The van der Waals surface area contributed by atoms with Crippen LogP contribution >= 0.6 is 0 Å². The van der Waals surface area contributed by atoms with Crippen molar-refractivity contribution in [3.63, 3.8) is 0 Å². The molecule has 0 aromatic heterocycles. The third-order valence-electron chi connectivity index (χ3n) is 6.72. The average Bonchev–Trinajstić information content (AvgIpc) is 2.88. The number of phenolic OH excluding ortho intramolecular Hbond substituents is 1. The van der Waals surface area contributed by atoms with Crippen LogP contribution in [0.15, 0.2) is 48.5 Å².